The Morgan fingerprint density at radius 3 is 1.29 bits per heavy atom. The zero-order chi connectivity index (χ0) is 21.9. The van der Waals surface area contributed by atoms with Crippen LogP contribution in [0.3, 0.4) is 0 Å². The first-order valence-electron chi connectivity index (χ1n) is 7.76. The summed E-state index contributed by atoms with van der Waals surface area (Å²) in [5.74, 6) is 0.0926. The van der Waals surface area contributed by atoms with Crippen molar-refractivity contribution in [3.8, 4) is 11.1 Å². The molecular formula is C18H19F6N3O. The summed E-state index contributed by atoms with van der Waals surface area (Å²) in [6.07, 6.45) is -9.68. The van der Waals surface area contributed by atoms with Crippen LogP contribution in [0.25, 0.3) is 11.1 Å². The Balaban J connectivity index is 0.000000568. The Morgan fingerprint density at radius 1 is 0.786 bits per heavy atom. The van der Waals surface area contributed by atoms with Crippen LogP contribution in [-0.2, 0) is 17.1 Å². The third kappa shape index (κ3) is 6.07. The maximum Gasteiger partial charge on any atom is 0.417 e. The number of nitrogens with zero attached hydrogens (tertiary/aromatic N) is 1. The Labute approximate surface area is 157 Å². The van der Waals surface area contributed by atoms with Crippen LogP contribution in [-0.4, -0.2) is 24.9 Å². The zero-order valence-corrected chi connectivity index (χ0v) is 15.2. The summed E-state index contributed by atoms with van der Waals surface area (Å²) in [5.41, 5.74) is 6.55. The summed E-state index contributed by atoms with van der Waals surface area (Å²) < 4.78 is 78.4. The second kappa shape index (κ2) is 8.41. The van der Waals surface area contributed by atoms with Crippen LogP contribution in [0.5, 0.6) is 0 Å². The van der Waals surface area contributed by atoms with Gasteiger partial charge in [0, 0.05) is 32.4 Å². The van der Waals surface area contributed by atoms with Crippen molar-refractivity contribution in [2.45, 2.75) is 19.3 Å². The molecule has 0 fully saturated rings. The number of halogens is 6. The lowest BCUT2D eigenvalue weighted by Crippen LogP contribution is -2.17. The van der Waals surface area contributed by atoms with Gasteiger partial charge in [-0.2, -0.15) is 26.3 Å². The standard InChI is InChI=1S/C14H10F6N2.C4H9NO/c15-13(16,17)11-5-7(21)1-3-9(11)10-4-2-8(22)6-12(10)14(18,19)20;1-4(6)5(2)3/h1-6H,21-22H2;1-3H3. The summed E-state index contributed by atoms with van der Waals surface area (Å²) >= 11 is 0. The Kier molecular flexibility index (Phi) is 6.94. The van der Waals surface area contributed by atoms with Gasteiger partial charge in [-0.15, -0.1) is 0 Å². The molecule has 2 aromatic rings. The predicted octanol–water partition coefficient (Wildman–Crippen LogP) is 4.65. The molecule has 1 amide bonds. The molecule has 0 aliphatic rings. The van der Waals surface area contributed by atoms with Crippen molar-refractivity contribution >= 4 is 17.3 Å². The summed E-state index contributed by atoms with van der Waals surface area (Å²) in [7, 11) is 3.45. The van der Waals surface area contributed by atoms with Crippen LogP contribution in [0.1, 0.15) is 18.1 Å². The van der Waals surface area contributed by atoms with Gasteiger partial charge in [0.1, 0.15) is 0 Å². The van der Waals surface area contributed by atoms with E-state index in [9.17, 15) is 31.1 Å². The number of benzene rings is 2. The molecule has 0 aliphatic carbocycles. The van der Waals surface area contributed by atoms with E-state index in [1.54, 1.807) is 14.1 Å². The molecule has 0 unspecified atom stereocenters. The van der Waals surface area contributed by atoms with Crippen LogP contribution >= 0.6 is 0 Å². The van der Waals surface area contributed by atoms with Crippen LogP contribution in [0.4, 0.5) is 37.7 Å². The van der Waals surface area contributed by atoms with Crippen LogP contribution in [0.15, 0.2) is 36.4 Å². The summed E-state index contributed by atoms with van der Waals surface area (Å²) in [5, 5.41) is 0. The van der Waals surface area contributed by atoms with Crippen molar-refractivity contribution in [2.75, 3.05) is 25.6 Å². The highest BCUT2D eigenvalue weighted by Gasteiger charge is 2.38. The normalized spacial score (nSPS) is 11.5. The van der Waals surface area contributed by atoms with E-state index in [1.807, 2.05) is 0 Å². The molecule has 2 aromatic carbocycles. The fourth-order valence-corrected chi connectivity index (χ4v) is 2.06. The largest absolute Gasteiger partial charge is 0.417 e. The second-order valence-electron chi connectivity index (χ2n) is 6.02. The Morgan fingerprint density at radius 2 is 1.07 bits per heavy atom. The van der Waals surface area contributed by atoms with E-state index in [4.69, 9.17) is 11.5 Å². The van der Waals surface area contributed by atoms with E-state index in [0.29, 0.717) is 12.1 Å². The third-order valence-electron chi connectivity index (χ3n) is 3.62. The number of hydrogen-bond donors (Lipinski definition) is 2. The number of carbonyl (C=O) groups is 1. The topological polar surface area (TPSA) is 72.3 Å². The van der Waals surface area contributed by atoms with Gasteiger partial charge in [0.15, 0.2) is 0 Å². The highest BCUT2D eigenvalue weighted by molar-refractivity contribution is 5.75. The van der Waals surface area contributed by atoms with Crippen LogP contribution in [0, 0.1) is 0 Å². The van der Waals surface area contributed by atoms with Gasteiger partial charge in [0.05, 0.1) is 11.1 Å². The average molecular weight is 407 g/mol. The SMILES string of the molecule is CC(=O)N(C)C.Nc1ccc(-c2ccc(N)cc2C(F)(F)F)c(C(F)(F)F)c1. The molecule has 154 valence electrons. The van der Waals surface area contributed by atoms with Crippen molar-refractivity contribution in [3.05, 3.63) is 47.5 Å². The van der Waals surface area contributed by atoms with Crippen molar-refractivity contribution in [1.29, 1.82) is 0 Å². The molecule has 4 nitrogen and oxygen atoms in total. The minimum atomic E-state index is -4.84. The van der Waals surface area contributed by atoms with Crippen molar-refractivity contribution in [2.24, 2.45) is 0 Å². The minimum absolute atomic E-state index is 0.0926. The van der Waals surface area contributed by atoms with Crippen molar-refractivity contribution < 1.29 is 31.1 Å². The van der Waals surface area contributed by atoms with Crippen LogP contribution in [0.2, 0.25) is 0 Å². The summed E-state index contributed by atoms with van der Waals surface area (Å²) in [6, 6.07) is 5.26. The molecule has 0 saturated heterocycles. The predicted molar refractivity (Wildman–Crippen MR) is 95.1 cm³/mol. The number of rotatable bonds is 1. The minimum Gasteiger partial charge on any atom is -0.399 e. The first kappa shape index (κ1) is 23.1. The van der Waals surface area contributed by atoms with Gasteiger partial charge in [-0.1, -0.05) is 12.1 Å². The molecule has 0 spiro atoms. The molecule has 4 N–H and O–H groups in total. The number of nitrogen functional groups attached to an aromatic ring is 2. The van der Waals surface area contributed by atoms with Crippen molar-refractivity contribution in [3.63, 3.8) is 0 Å². The maximum atomic E-state index is 13.1. The fraction of sp³-hybridized carbons (Fsp3) is 0.278. The number of hydrogen-bond acceptors (Lipinski definition) is 3. The number of alkyl halides is 6. The van der Waals surface area contributed by atoms with Gasteiger partial charge >= 0.3 is 12.4 Å². The summed E-state index contributed by atoms with van der Waals surface area (Å²) in [4.78, 5) is 11.6. The Hall–Kier alpha value is -2.91. The summed E-state index contributed by atoms with van der Waals surface area (Å²) in [6.45, 7) is 1.53. The molecule has 0 heterocycles. The Bertz CT molecular complexity index is 783. The average Bonchev–Trinajstić information content (AvgIpc) is 2.54. The van der Waals surface area contributed by atoms with E-state index in [0.717, 1.165) is 24.3 Å². The molecule has 0 atom stereocenters. The lowest BCUT2D eigenvalue weighted by Gasteiger charge is -2.18. The quantitative estimate of drug-likeness (QED) is 0.534. The van der Waals surface area contributed by atoms with Gasteiger partial charge in [-0.25, -0.2) is 0 Å². The van der Waals surface area contributed by atoms with Gasteiger partial charge in [-0.3, -0.25) is 4.79 Å². The van der Waals surface area contributed by atoms with E-state index in [1.165, 1.54) is 11.8 Å². The fourth-order valence-electron chi connectivity index (χ4n) is 2.06. The first-order chi connectivity index (χ1) is 12.6. The monoisotopic (exact) mass is 407 g/mol. The molecule has 0 radical (unpaired) electrons. The van der Waals surface area contributed by atoms with Gasteiger partial charge in [0.25, 0.3) is 0 Å². The molecule has 2 rings (SSSR count). The van der Waals surface area contributed by atoms with Crippen molar-refractivity contribution in [1.82, 2.24) is 4.90 Å². The molecule has 28 heavy (non-hydrogen) atoms. The first-order valence-corrected chi connectivity index (χ1v) is 7.76. The van der Waals surface area contributed by atoms with Crippen LogP contribution < -0.4 is 11.5 Å². The highest BCUT2D eigenvalue weighted by atomic mass is 19.4. The molecule has 0 saturated carbocycles. The lowest BCUT2D eigenvalue weighted by molar-refractivity contribution is -0.139. The molecule has 0 aromatic heterocycles. The second-order valence-corrected chi connectivity index (χ2v) is 6.02. The lowest BCUT2D eigenvalue weighted by atomic mass is 9.94. The molecule has 10 heteroatoms. The van der Waals surface area contributed by atoms with Gasteiger partial charge < -0.3 is 16.4 Å². The molecule has 0 bridgehead atoms. The smallest absolute Gasteiger partial charge is 0.399 e. The van der Waals surface area contributed by atoms with E-state index < -0.39 is 34.6 Å². The number of carbonyl (C=O) groups excluding carboxylic acids is 1. The zero-order valence-electron chi connectivity index (χ0n) is 15.2. The number of anilines is 2. The van der Waals surface area contributed by atoms with E-state index in [2.05, 4.69) is 0 Å². The third-order valence-corrected chi connectivity index (χ3v) is 3.62. The molecule has 0 aliphatic heterocycles. The molecular weight excluding hydrogens is 388 g/mol. The van der Waals surface area contributed by atoms with E-state index in [-0.39, 0.29) is 17.3 Å². The van der Waals surface area contributed by atoms with Gasteiger partial charge in [-0.05, 0) is 35.4 Å². The number of nitrogens with two attached hydrogens (primary N) is 2. The van der Waals surface area contributed by atoms with E-state index >= 15 is 0 Å². The van der Waals surface area contributed by atoms with Gasteiger partial charge in [0.2, 0.25) is 5.91 Å². The number of amides is 1. The highest BCUT2D eigenvalue weighted by Crippen LogP contribution is 2.43. The maximum absolute atomic E-state index is 13.1.